The SMILES string of the molecule is Cc1ccc2c3cc(C)c(C)cc3n(C)c2c1. The van der Waals surface area contributed by atoms with Gasteiger partial charge in [0.25, 0.3) is 0 Å². The van der Waals surface area contributed by atoms with Crippen molar-refractivity contribution in [3.63, 3.8) is 0 Å². The number of hydrogen-bond acceptors (Lipinski definition) is 0. The fourth-order valence-electron chi connectivity index (χ4n) is 2.57. The highest BCUT2D eigenvalue weighted by atomic mass is 14.9. The normalized spacial score (nSPS) is 11.5. The van der Waals surface area contributed by atoms with Crippen molar-refractivity contribution in [2.45, 2.75) is 20.8 Å². The number of aryl methyl sites for hydroxylation is 4. The second kappa shape index (κ2) is 3.36. The lowest BCUT2D eigenvalue weighted by Crippen LogP contribution is -1.88. The molecule has 0 saturated carbocycles. The van der Waals surface area contributed by atoms with Crippen LogP contribution in [0.1, 0.15) is 16.7 Å². The number of hydrogen-bond donors (Lipinski definition) is 0. The summed E-state index contributed by atoms with van der Waals surface area (Å²) in [7, 11) is 2.15. The van der Waals surface area contributed by atoms with Crippen LogP contribution in [-0.4, -0.2) is 4.57 Å². The van der Waals surface area contributed by atoms with E-state index in [4.69, 9.17) is 0 Å². The summed E-state index contributed by atoms with van der Waals surface area (Å²) in [4.78, 5) is 0. The molecule has 86 valence electrons. The summed E-state index contributed by atoms with van der Waals surface area (Å²) in [6, 6.07) is 11.3. The van der Waals surface area contributed by atoms with Gasteiger partial charge in [-0.3, -0.25) is 0 Å². The van der Waals surface area contributed by atoms with Crippen LogP contribution in [0.4, 0.5) is 0 Å². The third-order valence-electron chi connectivity index (χ3n) is 3.78. The zero-order chi connectivity index (χ0) is 12.2. The van der Waals surface area contributed by atoms with E-state index in [0.717, 1.165) is 0 Å². The Morgan fingerprint density at radius 1 is 0.765 bits per heavy atom. The predicted molar refractivity (Wildman–Crippen MR) is 74.6 cm³/mol. The molecule has 3 aromatic rings. The van der Waals surface area contributed by atoms with Gasteiger partial charge >= 0.3 is 0 Å². The van der Waals surface area contributed by atoms with Gasteiger partial charge in [0.15, 0.2) is 0 Å². The molecule has 0 aliphatic carbocycles. The summed E-state index contributed by atoms with van der Waals surface area (Å²) in [5, 5.41) is 2.72. The van der Waals surface area contributed by atoms with Crippen LogP contribution in [0.3, 0.4) is 0 Å². The maximum atomic E-state index is 2.31. The average molecular weight is 223 g/mol. The van der Waals surface area contributed by atoms with E-state index in [2.05, 4.69) is 62.7 Å². The Morgan fingerprint density at radius 2 is 1.41 bits per heavy atom. The van der Waals surface area contributed by atoms with Gasteiger partial charge < -0.3 is 4.57 Å². The minimum absolute atomic E-state index is 1.32. The summed E-state index contributed by atoms with van der Waals surface area (Å²) in [6.07, 6.45) is 0. The summed E-state index contributed by atoms with van der Waals surface area (Å²) in [6.45, 7) is 6.51. The smallest absolute Gasteiger partial charge is 0.0491 e. The highest BCUT2D eigenvalue weighted by Gasteiger charge is 2.09. The molecule has 0 fully saturated rings. The van der Waals surface area contributed by atoms with Crippen molar-refractivity contribution in [1.29, 1.82) is 0 Å². The van der Waals surface area contributed by atoms with Crippen LogP contribution in [0.2, 0.25) is 0 Å². The highest BCUT2D eigenvalue weighted by Crippen LogP contribution is 2.30. The second-order valence-electron chi connectivity index (χ2n) is 5.03. The monoisotopic (exact) mass is 223 g/mol. The minimum atomic E-state index is 1.32. The van der Waals surface area contributed by atoms with Gasteiger partial charge in [0, 0.05) is 28.9 Å². The fraction of sp³-hybridized carbons (Fsp3) is 0.250. The largest absolute Gasteiger partial charge is 0.344 e. The van der Waals surface area contributed by atoms with Crippen LogP contribution in [0.25, 0.3) is 21.8 Å². The molecular weight excluding hydrogens is 206 g/mol. The molecule has 1 nitrogen and oxygen atoms in total. The Hall–Kier alpha value is -1.76. The van der Waals surface area contributed by atoms with E-state index >= 15 is 0 Å². The van der Waals surface area contributed by atoms with Gasteiger partial charge in [-0.05, 0) is 55.7 Å². The molecule has 1 heterocycles. The van der Waals surface area contributed by atoms with E-state index in [9.17, 15) is 0 Å². The first-order valence-electron chi connectivity index (χ1n) is 6.04. The molecule has 1 aromatic heterocycles. The third kappa shape index (κ3) is 1.39. The molecule has 0 N–H and O–H groups in total. The molecule has 0 unspecified atom stereocenters. The topological polar surface area (TPSA) is 4.93 Å². The second-order valence-corrected chi connectivity index (χ2v) is 5.03. The Kier molecular flexibility index (Phi) is 2.06. The van der Waals surface area contributed by atoms with Crippen molar-refractivity contribution < 1.29 is 0 Å². The molecular formula is C16H17N. The highest BCUT2D eigenvalue weighted by molar-refractivity contribution is 6.08. The van der Waals surface area contributed by atoms with Crippen LogP contribution in [0.5, 0.6) is 0 Å². The summed E-state index contributed by atoms with van der Waals surface area (Å²) < 4.78 is 2.30. The van der Waals surface area contributed by atoms with Gasteiger partial charge in [-0.15, -0.1) is 0 Å². The molecule has 17 heavy (non-hydrogen) atoms. The van der Waals surface area contributed by atoms with Crippen molar-refractivity contribution in [2.24, 2.45) is 7.05 Å². The number of nitrogens with zero attached hydrogens (tertiary/aromatic N) is 1. The Morgan fingerprint density at radius 3 is 2.18 bits per heavy atom. The van der Waals surface area contributed by atoms with Gasteiger partial charge in [-0.1, -0.05) is 12.1 Å². The quantitative estimate of drug-likeness (QED) is 0.536. The van der Waals surface area contributed by atoms with Crippen LogP contribution in [-0.2, 0) is 7.05 Å². The molecule has 0 amide bonds. The standard InChI is InChI=1S/C16H17N/c1-10-5-6-13-14-8-11(2)12(3)9-16(14)17(4)15(13)7-10/h5-9H,1-4H3. The van der Waals surface area contributed by atoms with Crippen LogP contribution >= 0.6 is 0 Å². The zero-order valence-corrected chi connectivity index (χ0v) is 10.8. The van der Waals surface area contributed by atoms with Gasteiger partial charge in [0.2, 0.25) is 0 Å². The number of fused-ring (bicyclic) bond motifs is 3. The van der Waals surface area contributed by atoms with Gasteiger partial charge in [0.05, 0.1) is 0 Å². The molecule has 0 aliphatic rings. The third-order valence-corrected chi connectivity index (χ3v) is 3.78. The summed E-state index contributed by atoms with van der Waals surface area (Å²) >= 11 is 0. The molecule has 0 aliphatic heterocycles. The van der Waals surface area contributed by atoms with Crippen molar-refractivity contribution >= 4 is 21.8 Å². The average Bonchev–Trinajstić information content (AvgIpc) is 2.54. The first kappa shape index (κ1) is 10.4. The molecule has 2 aromatic carbocycles. The van der Waals surface area contributed by atoms with Crippen LogP contribution in [0, 0.1) is 20.8 Å². The maximum absolute atomic E-state index is 2.31. The van der Waals surface area contributed by atoms with Crippen molar-refractivity contribution in [1.82, 2.24) is 4.57 Å². The van der Waals surface area contributed by atoms with E-state index in [0.29, 0.717) is 0 Å². The summed E-state index contributed by atoms with van der Waals surface area (Å²) in [5.74, 6) is 0. The van der Waals surface area contributed by atoms with Crippen LogP contribution < -0.4 is 0 Å². The first-order valence-corrected chi connectivity index (χ1v) is 6.04. The van der Waals surface area contributed by atoms with Gasteiger partial charge in [-0.25, -0.2) is 0 Å². The van der Waals surface area contributed by atoms with Crippen molar-refractivity contribution in [2.75, 3.05) is 0 Å². The van der Waals surface area contributed by atoms with E-state index in [1.54, 1.807) is 0 Å². The number of aromatic nitrogens is 1. The molecule has 0 saturated heterocycles. The predicted octanol–water partition coefficient (Wildman–Crippen LogP) is 4.26. The van der Waals surface area contributed by atoms with Gasteiger partial charge in [-0.2, -0.15) is 0 Å². The lowest BCUT2D eigenvalue weighted by Gasteiger charge is -2.02. The van der Waals surface area contributed by atoms with Gasteiger partial charge in [0.1, 0.15) is 0 Å². The molecule has 1 heteroatoms. The Balaban J connectivity index is 2.58. The zero-order valence-electron chi connectivity index (χ0n) is 10.8. The Bertz CT molecular complexity index is 732. The Labute approximate surface area is 102 Å². The molecule has 0 atom stereocenters. The van der Waals surface area contributed by atoms with Crippen LogP contribution in [0.15, 0.2) is 30.3 Å². The van der Waals surface area contributed by atoms with E-state index in [1.807, 2.05) is 0 Å². The molecule has 0 spiro atoms. The van der Waals surface area contributed by atoms with Crippen molar-refractivity contribution in [3.8, 4) is 0 Å². The number of rotatable bonds is 0. The molecule has 0 radical (unpaired) electrons. The van der Waals surface area contributed by atoms with E-state index in [-0.39, 0.29) is 0 Å². The molecule has 0 bridgehead atoms. The minimum Gasteiger partial charge on any atom is -0.344 e. The lowest BCUT2D eigenvalue weighted by atomic mass is 10.1. The summed E-state index contributed by atoms with van der Waals surface area (Å²) in [5.41, 5.74) is 6.70. The maximum Gasteiger partial charge on any atom is 0.0491 e. The van der Waals surface area contributed by atoms with E-state index in [1.165, 1.54) is 38.5 Å². The first-order chi connectivity index (χ1) is 8.08. The fourth-order valence-corrected chi connectivity index (χ4v) is 2.57. The van der Waals surface area contributed by atoms with E-state index < -0.39 is 0 Å². The van der Waals surface area contributed by atoms with Crippen molar-refractivity contribution in [3.05, 3.63) is 47.0 Å². The number of benzene rings is 2. The lowest BCUT2D eigenvalue weighted by molar-refractivity contribution is 1.01. The molecule has 3 rings (SSSR count).